The van der Waals surface area contributed by atoms with Crippen LogP contribution in [0.25, 0.3) is 11.0 Å². The number of amides is 1. The highest BCUT2D eigenvalue weighted by molar-refractivity contribution is 6.06. The van der Waals surface area contributed by atoms with Gasteiger partial charge in [-0.2, -0.15) is 0 Å². The smallest absolute Gasteiger partial charge is 0.253 e. The van der Waals surface area contributed by atoms with Crippen LogP contribution in [0.15, 0.2) is 72.9 Å². The molecule has 4 aromatic rings. The van der Waals surface area contributed by atoms with Gasteiger partial charge in [-0.3, -0.25) is 4.79 Å². The van der Waals surface area contributed by atoms with Gasteiger partial charge in [0.1, 0.15) is 11.5 Å². The summed E-state index contributed by atoms with van der Waals surface area (Å²) in [6, 6.07) is 22.0. The molecule has 2 aromatic heterocycles. The van der Waals surface area contributed by atoms with E-state index in [1.54, 1.807) is 0 Å². The third-order valence-corrected chi connectivity index (χ3v) is 5.24. The fraction of sp³-hybridized carbons (Fsp3) is 0.231. The number of nitrogens with zero attached hydrogens (tertiary/aromatic N) is 2. The van der Waals surface area contributed by atoms with E-state index in [1.165, 1.54) is 5.56 Å². The molecule has 0 fully saturated rings. The molecule has 0 aliphatic carbocycles. The summed E-state index contributed by atoms with van der Waals surface area (Å²) in [6.45, 7) is 8.89. The van der Waals surface area contributed by atoms with E-state index in [0.717, 1.165) is 28.1 Å². The van der Waals surface area contributed by atoms with Crippen molar-refractivity contribution in [2.75, 3.05) is 5.32 Å². The molecule has 0 spiro atoms. The molecule has 2 heterocycles. The van der Waals surface area contributed by atoms with Crippen LogP contribution < -0.4 is 10.6 Å². The lowest BCUT2D eigenvalue weighted by Gasteiger charge is -2.22. The standard InChI is InChI=1S/C26H28N4O/c1-18-10-12-20(13-11-18)28-23-15-14-21-22(17-30(24(21)29-23)26(2,3)4)25(31)27-16-19-8-6-5-7-9-19/h5-15,17H,16H2,1-4H3,(H,27,31)(H,28,29). The van der Waals surface area contributed by atoms with Gasteiger partial charge in [-0.05, 0) is 57.5 Å². The van der Waals surface area contributed by atoms with Crippen molar-refractivity contribution < 1.29 is 4.79 Å². The Morgan fingerprint density at radius 2 is 1.68 bits per heavy atom. The van der Waals surface area contributed by atoms with Crippen LogP contribution in [0.3, 0.4) is 0 Å². The van der Waals surface area contributed by atoms with Gasteiger partial charge in [-0.1, -0.05) is 48.0 Å². The van der Waals surface area contributed by atoms with Crippen molar-refractivity contribution >= 4 is 28.4 Å². The zero-order chi connectivity index (χ0) is 22.0. The summed E-state index contributed by atoms with van der Waals surface area (Å²) in [6.07, 6.45) is 1.91. The number of carbonyl (C=O) groups is 1. The number of benzene rings is 2. The topological polar surface area (TPSA) is 59.0 Å². The third-order valence-electron chi connectivity index (χ3n) is 5.24. The van der Waals surface area contributed by atoms with Crippen molar-refractivity contribution in [1.82, 2.24) is 14.9 Å². The predicted octanol–water partition coefficient (Wildman–Crippen LogP) is 5.77. The highest BCUT2D eigenvalue weighted by atomic mass is 16.1. The summed E-state index contributed by atoms with van der Waals surface area (Å²) < 4.78 is 2.07. The maximum Gasteiger partial charge on any atom is 0.253 e. The van der Waals surface area contributed by atoms with Crippen molar-refractivity contribution in [3.05, 3.63) is 89.6 Å². The van der Waals surface area contributed by atoms with E-state index in [-0.39, 0.29) is 11.4 Å². The first-order valence-electron chi connectivity index (χ1n) is 10.5. The summed E-state index contributed by atoms with van der Waals surface area (Å²) in [5.41, 5.74) is 4.46. The molecule has 5 nitrogen and oxygen atoms in total. The number of fused-ring (bicyclic) bond motifs is 1. The number of anilines is 2. The number of hydrogen-bond donors (Lipinski definition) is 2. The van der Waals surface area contributed by atoms with Gasteiger partial charge in [0.15, 0.2) is 0 Å². The molecule has 1 amide bonds. The normalized spacial score (nSPS) is 11.5. The monoisotopic (exact) mass is 412 g/mol. The molecule has 0 unspecified atom stereocenters. The average Bonchev–Trinajstić information content (AvgIpc) is 3.14. The van der Waals surface area contributed by atoms with Gasteiger partial charge in [0.2, 0.25) is 0 Å². The number of carbonyl (C=O) groups excluding carboxylic acids is 1. The SMILES string of the molecule is Cc1ccc(Nc2ccc3c(C(=O)NCc4ccccc4)cn(C(C)(C)C)c3n2)cc1. The summed E-state index contributed by atoms with van der Waals surface area (Å²) >= 11 is 0. The maximum atomic E-state index is 13.0. The Labute approximate surface area is 183 Å². The summed E-state index contributed by atoms with van der Waals surface area (Å²) in [5, 5.41) is 7.24. The number of rotatable bonds is 5. The lowest BCUT2D eigenvalue weighted by Crippen LogP contribution is -2.23. The Hall–Kier alpha value is -3.60. The van der Waals surface area contributed by atoms with Crippen LogP contribution in [0.2, 0.25) is 0 Å². The Balaban J connectivity index is 1.66. The van der Waals surface area contributed by atoms with Gasteiger partial charge in [0.25, 0.3) is 5.91 Å². The largest absolute Gasteiger partial charge is 0.348 e. The first-order valence-corrected chi connectivity index (χ1v) is 10.5. The second-order valence-electron chi connectivity index (χ2n) is 8.81. The minimum absolute atomic E-state index is 0.0992. The van der Waals surface area contributed by atoms with Gasteiger partial charge in [0.05, 0.1) is 5.56 Å². The van der Waals surface area contributed by atoms with Gasteiger partial charge in [0, 0.05) is 29.4 Å². The zero-order valence-electron chi connectivity index (χ0n) is 18.4. The van der Waals surface area contributed by atoms with E-state index in [0.29, 0.717) is 12.1 Å². The highest BCUT2D eigenvalue weighted by Gasteiger charge is 2.22. The summed E-state index contributed by atoms with van der Waals surface area (Å²) in [4.78, 5) is 17.9. The molecule has 0 atom stereocenters. The Bertz CT molecular complexity index is 1200. The molecule has 158 valence electrons. The highest BCUT2D eigenvalue weighted by Crippen LogP contribution is 2.28. The average molecular weight is 413 g/mol. The van der Waals surface area contributed by atoms with Crippen LogP contribution in [-0.2, 0) is 12.1 Å². The molecule has 31 heavy (non-hydrogen) atoms. The summed E-state index contributed by atoms with van der Waals surface area (Å²) in [5.74, 6) is 0.647. The van der Waals surface area contributed by atoms with Crippen molar-refractivity contribution in [3.63, 3.8) is 0 Å². The van der Waals surface area contributed by atoms with Crippen LogP contribution in [-0.4, -0.2) is 15.5 Å². The van der Waals surface area contributed by atoms with Crippen molar-refractivity contribution in [2.24, 2.45) is 0 Å². The van der Waals surface area contributed by atoms with E-state index in [2.05, 4.69) is 55.0 Å². The van der Waals surface area contributed by atoms with Crippen LogP contribution in [0, 0.1) is 6.92 Å². The second kappa shape index (κ2) is 8.26. The zero-order valence-corrected chi connectivity index (χ0v) is 18.4. The number of aromatic nitrogens is 2. The van der Waals surface area contributed by atoms with E-state index in [1.807, 2.05) is 60.8 Å². The van der Waals surface area contributed by atoms with Crippen molar-refractivity contribution in [3.8, 4) is 0 Å². The number of aryl methyl sites for hydroxylation is 1. The lowest BCUT2D eigenvalue weighted by atomic mass is 10.1. The quantitative estimate of drug-likeness (QED) is 0.437. The minimum atomic E-state index is -0.217. The maximum absolute atomic E-state index is 13.0. The third kappa shape index (κ3) is 4.61. The minimum Gasteiger partial charge on any atom is -0.348 e. The molecule has 4 rings (SSSR count). The molecule has 0 saturated heterocycles. The van der Waals surface area contributed by atoms with Crippen molar-refractivity contribution in [1.29, 1.82) is 0 Å². The Morgan fingerprint density at radius 1 is 0.968 bits per heavy atom. The molecule has 0 radical (unpaired) electrons. The van der Waals surface area contributed by atoms with E-state index in [9.17, 15) is 4.79 Å². The molecule has 5 heteroatoms. The van der Waals surface area contributed by atoms with Crippen LogP contribution in [0.4, 0.5) is 11.5 Å². The summed E-state index contributed by atoms with van der Waals surface area (Å²) in [7, 11) is 0. The fourth-order valence-corrected chi connectivity index (χ4v) is 3.52. The van der Waals surface area contributed by atoms with Crippen molar-refractivity contribution in [2.45, 2.75) is 39.8 Å². The number of hydrogen-bond acceptors (Lipinski definition) is 3. The Morgan fingerprint density at radius 3 is 2.35 bits per heavy atom. The number of pyridine rings is 1. The van der Waals surface area contributed by atoms with Crippen LogP contribution in [0.5, 0.6) is 0 Å². The predicted molar refractivity (Wildman–Crippen MR) is 127 cm³/mol. The van der Waals surface area contributed by atoms with Gasteiger partial charge < -0.3 is 15.2 Å². The number of nitrogens with one attached hydrogen (secondary N) is 2. The molecular formula is C26H28N4O. The molecule has 2 N–H and O–H groups in total. The molecule has 0 aliphatic heterocycles. The second-order valence-corrected chi connectivity index (χ2v) is 8.81. The molecule has 2 aromatic carbocycles. The molecule has 0 aliphatic rings. The Kier molecular flexibility index (Phi) is 5.51. The van der Waals surface area contributed by atoms with Gasteiger partial charge >= 0.3 is 0 Å². The first-order chi connectivity index (χ1) is 14.8. The fourth-order valence-electron chi connectivity index (χ4n) is 3.52. The molecular weight excluding hydrogens is 384 g/mol. The lowest BCUT2D eigenvalue weighted by molar-refractivity contribution is 0.0952. The van der Waals surface area contributed by atoms with Crippen LogP contribution in [0.1, 0.15) is 42.3 Å². The van der Waals surface area contributed by atoms with E-state index < -0.39 is 0 Å². The van der Waals surface area contributed by atoms with E-state index in [4.69, 9.17) is 4.98 Å². The van der Waals surface area contributed by atoms with Gasteiger partial charge in [-0.15, -0.1) is 0 Å². The first kappa shape index (κ1) is 20.7. The van der Waals surface area contributed by atoms with Gasteiger partial charge in [-0.25, -0.2) is 4.98 Å². The van der Waals surface area contributed by atoms with Crippen LogP contribution >= 0.6 is 0 Å². The van der Waals surface area contributed by atoms with E-state index >= 15 is 0 Å². The molecule has 0 bridgehead atoms. The molecule has 0 saturated carbocycles.